The first kappa shape index (κ1) is 16.8. The molecule has 0 radical (unpaired) electrons. The molecule has 1 aliphatic rings. The number of carbonyl (C=O) groups excluding carboxylic acids is 1. The summed E-state index contributed by atoms with van der Waals surface area (Å²) in [7, 11) is 0. The Hall–Kier alpha value is -1.59. The van der Waals surface area contributed by atoms with Crippen LogP contribution in [-0.2, 0) is 4.79 Å². The second kappa shape index (κ2) is 8.76. The van der Waals surface area contributed by atoms with E-state index < -0.39 is 0 Å². The van der Waals surface area contributed by atoms with E-state index >= 15 is 0 Å². The van der Waals surface area contributed by atoms with E-state index in [1.165, 1.54) is 0 Å². The molecule has 1 aromatic carbocycles. The van der Waals surface area contributed by atoms with Crippen LogP contribution in [0.3, 0.4) is 0 Å². The van der Waals surface area contributed by atoms with E-state index in [0.29, 0.717) is 19.7 Å². The molecule has 0 bridgehead atoms. The number of hydrogen-bond acceptors (Lipinski definition) is 4. The number of aliphatic hydroxyl groups is 1. The highest BCUT2D eigenvalue weighted by Gasteiger charge is 2.24. The van der Waals surface area contributed by atoms with Crippen molar-refractivity contribution in [1.29, 1.82) is 0 Å². The Bertz CT molecular complexity index is 450. The second-order valence-corrected chi connectivity index (χ2v) is 5.89. The standard InChI is InChI=1S/C17H26N2O3/c1-14(20)15-6-5-10-19(12-15)13-17(21)18-9-11-22-16-7-3-2-4-8-16/h2-4,7-8,14-15,20H,5-6,9-13H2,1H3,(H,18,21). The highest BCUT2D eigenvalue weighted by atomic mass is 16.5. The third-order valence-electron chi connectivity index (χ3n) is 4.03. The molecule has 122 valence electrons. The van der Waals surface area contributed by atoms with Gasteiger partial charge in [0.2, 0.25) is 5.91 Å². The third kappa shape index (κ3) is 5.66. The van der Waals surface area contributed by atoms with Crippen LogP contribution in [0.4, 0.5) is 0 Å². The summed E-state index contributed by atoms with van der Waals surface area (Å²) in [4.78, 5) is 14.0. The Kier molecular flexibility index (Phi) is 6.68. The van der Waals surface area contributed by atoms with Gasteiger partial charge < -0.3 is 15.2 Å². The topological polar surface area (TPSA) is 61.8 Å². The lowest BCUT2D eigenvalue weighted by Gasteiger charge is -2.33. The van der Waals surface area contributed by atoms with E-state index in [-0.39, 0.29) is 17.9 Å². The van der Waals surface area contributed by atoms with Crippen LogP contribution in [-0.4, -0.2) is 54.8 Å². The maximum Gasteiger partial charge on any atom is 0.234 e. The summed E-state index contributed by atoms with van der Waals surface area (Å²) in [6.07, 6.45) is 1.78. The molecule has 1 fully saturated rings. The van der Waals surface area contributed by atoms with Crippen molar-refractivity contribution < 1.29 is 14.6 Å². The number of hydrogen-bond donors (Lipinski definition) is 2. The lowest BCUT2D eigenvalue weighted by atomic mass is 9.93. The predicted molar refractivity (Wildman–Crippen MR) is 85.8 cm³/mol. The van der Waals surface area contributed by atoms with Gasteiger partial charge in [-0.25, -0.2) is 0 Å². The number of ether oxygens (including phenoxy) is 1. The van der Waals surface area contributed by atoms with Gasteiger partial charge in [0.15, 0.2) is 0 Å². The maximum atomic E-state index is 11.9. The molecule has 2 atom stereocenters. The fraction of sp³-hybridized carbons (Fsp3) is 0.588. The predicted octanol–water partition coefficient (Wildman–Crippen LogP) is 1.27. The molecule has 1 amide bonds. The van der Waals surface area contributed by atoms with Gasteiger partial charge in [-0.2, -0.15) is 0 Å². The molecule has 1 saturated heterocycles. The Morgan fingerprint density at radius 1 is 1.45 bits per heavy atom. The molecule has 0 aromatic heterocycles. The zero-order valence-electron chi connectivity index (χ0n) is 13.2. The molecular weight excluding hydrogens is 280 g/mol. The van der Waals surface area contributed by atoms with Gasteiger partial charge >= 0.3 is 0 Å². The van der Waals surface area contributed by atoms with Crippen molar-refractivity contribution >= 4 is 5.91 Å². The molecule has 0 aliphatic carbocycles. The second-order valence-electron chi connectivity index (χ2n) is 5.89. The van der Waals surface area contributed by atoms with E-state index in [1.807, 2.05) is 37.3 Å². The molecular formula is C17H26N2O3. The van der Waals surface area contributed by atoms with E-state index in [2.05, 4.69) is 10.2 Å². The molecule has 0 saturated carbocycles. The Labute approximate surface area is 132 Å². The van der Waals surface area contributed by atoms with Crippen LogP contribution in [0.2, 0.25) is 0 Å². The molecule has 22 heavy (non-hydrogen) atoms. The van der Waals surface area contributed by atoms with Crippen molar-refractivity contribution in [3.8, 4) is 5.75 Å². The molecule has 5 nitrogen and oxygen atoms in total. The number of nitrogens with one attached hydrogen (secondary N) is 1. The van der Waals surface area contributed by atoms with Crippen molar-refractivity contribution in [1.82, 2.24) is 10.2 Å². The Morgan fingerprint density at radius 2 is 2.23 bits per heavy atom. The minimum atomic E-state index is -0.301. The molecule has 1 aliphatic heterocycles. The fourth-order valence-corrected chi connectivity index (χ4v) is 2.76. The lowest BCUT2D eigenvalue weighted by molar-refractivity contribution is -0.123. The normalized spacial score (nSPS) is 20.4. The number of amides is 1. The zero-order valence-corrected chi connectivity index (χ0v) is 13.2. The first-order valence-electron chi connectivity index (χ1n) is 8.00. The van der Waals surface area contributed by atoms with Crippen LogP contribution in [0, 0.1) is 5.92 Å². The van der Waals surface area contributed by atoms with E-state index in [1.54, 1.807) is 0 Å². The van der Waals surface area contributed by atoms with Crippen LogP contribution >= 0.6 is 0 Å². The Morgan fingerprint density at radius 3 is 2.95 bits per heavy atom. The van der Waals surface area contributed by atoms with Gasteiger partial charge in [-0.1, -0.05) is 18.2 Å². The first-order chi connectivity index (χ1) is 10.6. The van der Waals surface area contributed by atoms with Crippen LogP contribution in [0.1, 0.15) is 19.8 Å². The van der Waals surface area contributed by atoms with E-state index in [0.717, 1.165) is 31.7 Å². The molecule has 0 spiro atoms. The van der Waals surface area contributed by atoms with Crippen LogP contribution in [0.25, 0.3) is 0 Å². The van der Waals surface area contributed by atoms with Gasteiger partial charge in [-0.15, -0.1) is 0 Å². The summed E-state index contributed by atoms with van der Waals surface area (Å²) in [5, 5.41) is 12.5. The average Bonchev–Trinajstić information content (AvgIpc) is 2.53. The number of benzene rings is 1. The zero-order chi connectivity index (χ0) is 15.8. The van der Waals surface area contributed by atoms with Gasteiger partial charge in [-0.3, -0.25) is 9.69 Å². The Balaban J connectivity index is 1.61. The maximum absolute atomic E-state index is 11.9. The van der Waals surface area contributed by atoms with Gasteiger partial charge in [0.1, 0.15) is 12.4 Å². The first-order valence-corrected chi connectivity index (χ1v) is 8.00. The number of likely N-dealkylation sites (tertiary alicyclic amines) is 1. The fourth-order valence-electron chi connectivity index (χ4n) is 2.76. The summed E-state index contributed by atoms with van der Waals surface area (Å²) in [6.45, 7) is 4.92. The van der Waals surface area contributed by atoms with Gasteiger partial charge in [-0.05, 0) is 44.4 Å². The lowest BCUT2D eigenvalue weighted by Crippen LogP contribution is -2.45. The van der Waals surface area contributed by atoms with Crippen LogP contribution in [0.15, 0.2) is 30.3 Å². The molecule has 1 heterocycles. The van der Waals surface area contributed by atoms with Crippen molar-refractivity contribution in [2.45, 2.75) is 25.9 Å². The van der Waals surface area contributed by atoms with Crippen molar-refractivity contribution in [2.24, 2.45) is 5.92 Å². The highest BCUT2D eigenvalue weighted by molar-refractivity contribution is 5.78. The minimum absolute atomic E-state index is 0.0166. The number of para-hydroxylation sites is 1. The van der Waals surface area contributed by atoms with Gasteiger partial charge in [0, 0.05) is 6.54 Å². The smallest absolute Gasteiger partial charge is 0.234 e. The number of piperidine rings is 1. The summed E-state index contributed by atoms with van der Waals surface area (Å²) in [5.74, 6) is 1.11. The third-order valence-corrected chi connectivity index (χ3v) is 4.03. The molecule has 2 unspecified atom stereocenters. The number of aliphatic hydroxyl groups excluding tert-OH is 1. The average molecular weight is 306 g/mol. The monoisotopic (exact) mass is 306 g/mol. The largest absolute Gasteiger partial charge is 0.492 e. The summed E-state index contributed by atoms with van der Waals surface area (Å²) >= 11 is 0. The highest BCUT2D eigenvalue weighted by Crippen LogP contribution is 2.19. The molecule has 5 heteroatoms. The molecule has 1 aromatic rings. The molecule has 2 N–H and O–H groups in total. The van der Waals surface area contributed by atoms with Gasteiger partial charge in [0.25, 0.3) is 0 Å². The summed E-state index contributed by atoms with van der Waals surface area (Å²) < 4.78 is 5.53. The van der Waals surface area contributed by atoms with E-state index in [9.17, 15) is 9.90 Å². The van der Waals surface area contributed by atoms with Crippen molar-refractivity contribution in [3.05, 3.63) is 30.3 Å². The summed E-state index contributed by atoms with van der Waals surface area (Å²) in [5.41, 5.74) is 0. The quantitative estimate of drug-likeness (QED) is 0.745. The van der Waals surface area contributed by atoms with Crippen molar-refractivity contribution in [3.63, 3.8) is 0 Å². The minimum Gasteiger partial charge on any atom is -0.492 e. The molecule has 2 rings (SSSR count). The SMILES string of the molecule is CC(O)C1CCCN(CC(=O)NCCOc2ccccc2)C1. The van der Waals surface area contributed by atoms with Crippen molar-refractivity contribution in [2.75, 3.05) is 32.8 Å². The van der Waals surface area contributed by atoms with E-state index in [4.69, 9.17) is 4.74 Å². The number of carbonyl (C=O) groups is 1. The number of nitrogens with zero attached hydrogens (tertiary/aromatic N) is 1. The van der Waals surface area contributed by atoms with Crippen LogP contribution < -0.4 is 10.1 Å². The van der Waals surface area contributed by atoms with Crippen LogP contribution in [0.5, 0.6) is 5.75 Å². The van der Waals surface area contributed by atoms with Gasteiger partial charge in [0.05, 0.1) is 19.2 Å². The number of rotatable bonds is 7. The summed E-state index contributed by atoms with van der Waals surface area (Å²) in [6, 6.07) is 9.57.